The first-order valence-electron chi connectivity index (χ1n) is 9.68. The number of anilines is 3. The molecule has 7 heteroatoms. The summed E-state index contributed by atoms with van der Waals surface area (Å²) in [5, 5.41) is 10.9. The number of hydrogen-bond acceptors (Lipinski definition) is 4. The zero-order valence-electron chi connectivity index (χ0n) is 16.8. The molecule has 1 saturated carbocycles. The van der Waals surface area contributed by atoms with Crippen LogP contribution in [0, 0.1) is 19.8 Å². The molecule has 0 aromatic heterocycles. The molecule has 0 radical (unpaired) electrons. The maximum atomic E-state index is 12.3. The molecule has 1 aliphatic rings. The van der Waals surface area contributed by atoms with Crippen molar-refractivity contribution in [3.63, 3.8) is 0 Å². The van der Waals surface area contributed by atoms with E-state index in [2.05, 4.69) is 21.3 Å². The molecule has 29 heavy (non-hydrogen) atoms. The first kappa shape index (κ1) is 20.4. The van der Waals surface area contributed by atoms with E-state index >= 15 is 0 Å². The van der Waals surface area contributed by atoms with Crippen molar-refractivity contribution in [3.05, 3.63) is 53.6 Å². The molecule has 2 aromatic rings. The van der Waals surface area contributed by atoms with Crippen molar-refractivity contribution in [1.29, 1.82) is 0 Å². The van der Waals surface area contributed by atoms with Crippen molar-refractivity contribution in [1.82, 2.24) is 5.32 Å². The summed E-state index contributed by atoms with van der Waals surface area (Å²) in [5.74, 6) is -0.317. The van der Waals surface area contributed by atoms with E-state index in [1.54, 1.807) is 37.3 Å². The van der Waals surface area contributed by atoms with E-state index in [0.717, 1.165) is 24.0 Å². The zero-order valence-corrected chi connectivity index (χ0v) is 16.8. The maximum Gasteiger partial charge on any atom is 0.325 e. The second-order valence-corrected chi connectivity index (χ2v) is 7.47. The van der Waals surface area contributed by atoms with Crippen molar-refractivity contribution < 1.29 is 14.4 Å². The largest absolute Gasteiger partial charge is 0.374 e. The van der Waals surface area contributed by atoms with Crippen LogP contribution in [0.2, 0.25) is 0 Å². The lowest BCUT2D eigenvalue weighted by molar-refractivity contribution is -0.120. The van der Waals surface area contributed by atoms with Crippen LogP contribution >= 0.6 is 0 Å². The molecule has 152 valence electrons. The SMILES string of the molecule is Cc1ccc(NC(=O)NC(=O)C(C)Nc2cccc(NC(=O)C3CC3)c2)c(C)c1. The fourth-order valence-corrected chi connectivity index (χ4v) is 2.92. The van der Waals surface area contributed by atoms with Gasteiger partial charge in [0.1, 0.15) is 6.04 Å². The van der Waals surface area contributed by atoms with Gasteiger partial charge in [-0.2, -0.15) is 0 Å². The molecule has 1 unspecified atom stereocenters. The summed E-state index contributed by atoms with van der Waals surface area (Å²) in [6.45, 7) is 5.53. The molecular formula is C22H26N4O3. The summed E-state index contributed by atoms with van der Waals surface area (Å²) in [7, 11) is 0. The highest BCUT2D eigenvalue weighted by molar-refractivity contribution is 6.03. The quantitative estimate of drug-likeness (QED) is 0.599. The predicted octanol–water partition coefficient (Wildman–Crippen LogP) is 3.80. The van der Waals surface area contributed by atoms with Gasteiger partial charge in [-0.3, -0.25) is 14.9 Å². The normalized spacial score (nSPS) is 13.9. The lowest BCUT2D eigenvalue weighted by Crippen LogP contribution is -2.43. The lowest BCUT2D eigenvalue weighted by Gasteiger charge is -2.16. The van der Waals surface area contributed by atoms with Crippen LogP contribution in [0.3, 0.4) is 0 Å². The minimum absolute atomic E-state index is 0.0241. The van der Waals surface area contributed by atoms with Crippen molar-refractivity contribution in [3.8, 4) is 0 Å². The Labute approximate surface area is 170 Å². The van der Waals surface area contributed by atoms with E-state index in [-0.39, 0.29) is 11.8 Å². The maximum absolute atomic E-state index is 12.3. The third-order valence-corrected chi connectivity index (χ3v) is 4.72. The van der Waals surface area contributed by atoms with Crippen molar-refractivity contribution in [2.24, 2.45) is 5.92 Å². The van der Waals surface area contributed by atoms with E-state index < -0.39 is 18.0 Å². The summed E-state index contributed by atoms with van der Waals surface area (Å²) >= 11 is 0. The van der Waals surface area contributed by atoms with Crippen LogP contribution in [0.15, 0.2) is 42.5 Å². The Balaban J connectivity index is 1.53. The zero-order chi connectivity index (χ0) is 21.0. The van der Waals surface area contributed by atoms with E-state index in [9.17, 15) is 14.4 Å². The second kappa shape index (κ2) is 8.77. The molecule has 3 rings (SSSR count). The third-order valence-electron chi connectivity index (χ3n) is 4.72. The van der Waals surface area contributed by atoms with Gasteiger partial charge < -0.3 is 16.0 Å². The summed E-state index contributed by atoms with van der Waals surface area (Å²) in [6, 6.07) is 11.6. The summed E-state index contributed by atoms with van der Waals surface area (Å²) in [5.41, 5.74) is 4.02. The van der Waals surface area contributed by atoms with Gasteiger partial charge in [-0.05, 0) is 63.4 Å². The van der Waals surface area contributed by atoms with Gasteiger partial charge in [0.2, 0.25) is 11.8 Å². The van der Waals surface area contributed by atoms with E-state index in [1.165, 1.54) is 0 Å². The molecule has 4 amide bonds. The molecule has 0 saturated heterocycles. The van der Waals surface area contributed by atoms with Gasteiger partial charge >= 0.3 is 6.03 Å². The number of nitrogens with one attached hydrogen (secondary N) is 4. The van der Waals surface area contributed by atoms with Gasteiger partial charge in [-0.25, -0.2) is 4.79 Å². The molecule has 0 aliphatic heterocycles. The molecule has 0 bridgehead atoms. The highest BCUT2D eigenvalue weighted by Crippen LogP contribution is 2.30. The Kier molecular flexibility index (Phi) is 6.16. The fourth-order valence-electron chi connectivity index (χ4n) is 2.92. The van der Waals surface area contributed by atoms with Gasteiger partial charge in [-0.15, -0.1) is 0 Å². The first-order valence-corrected chi connectivity index (χ1v) is 9.68. The number of carbonyl (C=O) groups is 3. The number of hydrogen-bond donors (Lipinski definition) is 4. The fraction of sp³-hybridized carbons (Fsp3) is 0.318. The molecular weight excluding hydrogens is 368 g/mol. The molecule has 7 nitrogen and oxygen atoms in total. The van der Waals surface area contributed by atoms with E-state index in [1.807, 2.05) is 26.0 Å². The minimum Gasteiger partial charge on any atom is -0.374 e. The van der Waals surface area contributed by atoms with Gasteiger partial charge in [0.15, 0.2) is 0 Å². The van der Waals surface area contributed by atoms with Crippen LogP contribution in [0.5, 0.6) is 0 Å². The molecule has 0 spiro atoms. The summed E-state index contributed by atoms with van der Waals surface area (Å²) in [6.07, 6.45) is 1.87. The van der Waals surface area contributed by atoms with Crippen molar-refractivity contribution in [2.45, 2.75) is 39.7 Å². The van der Waals surface area contributed by atoms with Crippen LogP contribution < -0.4 is 21.3 Å². The predicted molar refractivity (Wildman–Crippen MR) is 114 cm³/mol. The number of carbonyl (C=O) groups excluding carboxylic acids is 3. The monoisotopic (exact) mass is 394 g/mol. The average molecular weight is 394 g/mol. The molecule has 1 fully saturated rings. The first-order chi connectivity index (χ1) is 13.8. The standard InChI is InChI=1S/C22H26N4O3/c1-13-7-10-19(14(2)11-13)25-22(29)26-20(27)15(3)23-17-5-4-6-18(12-17)24-21(28)16-8-9-16/h4-7,10-12,15-16,23H,8-9H2,1-3H3,(H,24,28)(H2,25,26,27,29). The number of aryl methyl sites for hydroxylation is 2. The number of rotatable bonds is 6. The number of urea groups is 1. The van der Waals surface area contributed by atoms with Crippen LogP contribution in [0.1, 0.15) is 30.9 Å². The Morgan fingerprint density at radius 2 is 1.69 bits per heavy atom. The third kappa shape index (κ3) is 5.81. The highest BCUT2D eigenvalue weighted by atomic mass is 16.2. The Morgan fingerprint density at radius 1 is 0.966 bits per heavy atom. The van der Waals surface area contributed by atoms with E-state index in [4.69, 9.17) is 0 Å². The Bertz CT molecular complexity index is 937. The molecule has 0 heterocycles. The van der Waals surface area contributed by atoms with Crippen LogP contribution in [0.4, 0.5) is 21.9 Å². The van der Waals surface area contributed by atoms with Crippen molar-refractivity contribution in [2.75, 3.05) is 16.0 Å². The summed E-state index contributed by atoms with van der Waals surface area (Å²) < 4.78 is 0. The number of benzene rings is 2. The topological polar surface area (TPSA) is 99.3 Å². The average Bonchev–Trinajstić information content (AvgIpc) is 3.49. The molecule has 1 aliphatic carbocycles. The van der Waals surface area contributed by atoms with Crippen LogP contribution in [-0.4, -0.2) is 23.9 Å². The molecule has 2 aromatic carbocycles. The van der Waals surface area contributed by atoms with Gasteiger partial charge in [0.25, 0.3) is 0 Å². The van der Waals surface area contributed by atoms with Gasteiger partial charge in [0.05, 0.1) is 0 Å². The Hall–Kier alpha value is -3.35. The lowest BCUT2D eigenvalue weighted by atomic mass is 10.1. The van der Waals surface area contributed by atoms with Gasteiger partial charge in [0, 0.05) is 23.0 Å². The molecule has 1 atom stereocenters. The Morgan fingerprint density at radius 3 is 2.38 bits per heavy atom. The molecule has 4 N–H and O–H groups in total. The van der Waals surface area contributed by atoms with Gasteiger partial charge in [-0.1, -0.05) is 23.8 Å². The van der Waals surface area contributed by atoms with E-state index in [0.29, 0.717) is 17.1 Å². The smallest absolute Gasteiger partial charge is 0.325 e. The highest BCUT2D eigenvalue weighted by Gasteiger charge is 2.29. The minimum atomic E-state index is -0.644. The van der Waals surface area contributed by atoms with Crippen LogP contribution in [0.25, 0.3) is 0 Å². The van der Waals surface area contributed by atoms with Crippen molar-refractivity contribution >= 4 is 34.9 Å². The number of imide groups is 1. The number of amides is 4. The van der Waals surface area contributed by atoms with Crippen LogP contribution in [-0.2, 0) is 9.59 Å². The second-order valence-electron chi connectivity index (χ2n) is 7.47. The summed E-state index contributed by atoms with van der Waals surface area (Å²) in [4.78, 5) is 36.4.